The van der Waals surface area contributed by atoms with E-state index in [1.54, 1.807) is 14.2 Å². The van der Waals surface area contributed by atoms with E-state index < -0.39 is 0 Å². The summed E-state index contributed by atoms with van der Waals surface area (Å²) in [7, 11) is 3.27. The van der Waals surface area contributed by atoms with E-state index in [1.807, 2.05) is 23.1 Å². The number of hydrogen-bond donors (Lipinski definition) is 0. The summed E-state index contributed by atoms with van der Waals surface area (Å²) >= 11 is 0. The first kappa shape index (κ1) is 19.5. The van der Waals surface area contributed by atoms with E-state index in [9.17, 15) is 4.79 Å². The Labute approximate surface area is 171 Å². The summed E-state index contributed by atoms with van der Waals surface area (Å²) < 4.78 is 10.8. The first-order chi connectivity index (χ1) is 14.2. The topological polar surface area (TPSA) is 67.8 Å². The lowest BCUT2D eigenvalue weighted by molar-refractivity contribution is 0.0728. The maximum atomic E-state index is 13.2. The number of hydrogen-bond acceptors (Lipinski definition) is 6. The van der Waals surface area contributed by atoms with Gasteiger partial charge < -0.3 is 19.3 Å². The van der Waals surface area contributed by atoms with Crippen molar-refractivity contribution in [2.45, 2.75) is 38.6 Å². The fourth-order valence-corrected chi connectivity index (χ4v) is 4.16. The highest BCUT2D eigenvalue weighted by atomic mass is 16.5. The van der Waals surface area contributed by atoms with Gasteiger partial charge >= 0.3 is 0 Å². The van der Waals surface area contributed by atoms with Gasteiger partial charge in [0.2, 0.25) is 0 Å². The zero-order chi connectivity index (χ0) is 20.2. The fraction of sp³-hybridized carbons (Fsp3) is 0.500. The Morgan fingerprint density at radius 3 is 2.28 bits per heavy atom. The van der Waals surface area contributed by atoms with Crippen LogP contribution in [-0.4, -0.2) is 54.6 Å². The SMILES string of the molecule is COc1cc2c(cc1OC)CN(C(=O)c1cc(N3CCCCCC3)ncn1)CC2. The number of carbonyl (C=O) groups is 1. The average molecular weight is 396 g/mol. The van der Waals surface area contributed by atoms with Crippen LogP contribution in [0.5, 0.6) is 11.5 Å². The highest BCUT2D eigenvalue weighted by molar-refractivity contribution is 5.93. The minimum absolute atomic E-state index is 0.0519. The van der Waals surface area contributed by atoms with Crippen molar-refractivity contribution < 1.29 is 14.3 Å². The number of rotatable bonds is 4. The molecule has 7 nitrogen and oxygen atoms in total. The summed E-state index contributed by atoms with van der Waals surface area (Å²) in [6, 6.07) is 5.83. The van der Waals surface area contributed by atoms with Crippen molar-refractivity contribution in [1.82, 2.24) is 14.9 Å². The minimum Gasteiger partial charge on any atom is -0.493 e. The van der Waals surface area contributed by atoms with Crippen LogP contribution in [0.25, 0.3) is 0 Å². The number of methoxy groups -OCH3 is 2. The van der Waals surface area contributed by atoms with E-state index in [0.29, 0.717) is 24.5 Å². The molecule has 154 valence electrons. The van der Waals surface area contributed by atoms with Crippen LogP contribution in [0, 0.1) is 0 Å². The van der Waals surface area contributed by atoms with E-state index in [0.717, 1.165) is 36.6 Å². The number of carbonyl (C=O) groups excluding carboxylic acids is 1. The molecule has 1 amide bonds. The highest BCUT2D eigenvalue weighted by Crippen LogP contribution is 2.33. The molecule has 0 saturated carbocycles. The third-order valence-corrected chi connectivity index (χ3v) is 5.81. The highest BCUT2D eigenvalue weighted by Gasteiger charge is 2.25. The Hall–Kier alpha value is -2.83. The zero-order valence-corrected chi connectivity index (χ0v) is 17.2. The Kier molecular flexibility index (Phi) is 5.83. The molecule has 1 aromatic heterocycles. The third-order valence-electron chi connectivity index (χ3n) is 5.81. The molecule has 0 unspecified atom stereocenters. The Bertz CT molecular complexity index is 878. The molecular formula is C22H28N4O3. The van der Waals surface area contributed by atoms with E-state index in [2.05, 4.69) is 14.9 Å². The van der Waals surface area contributed by atoms with Crippen molar-refractivity contribution in [2.24, 2.45) is 0 Å². The number of benzene rings is 1. The normalized spacial score (nSPS) is 16.8. The molecule has 7 heteroatoms. The van der Waals surface area contributed by atoms with Gasteiger partial charge in [-0.05, 0) is 42.5 Å². The van der Waals surface area contributed by atoms with Gasteiger partial charge in [0.15, 0.2) is 11.5 Å². The van der Waals surface area contributed by atoms with Gasteiger partial charge in [-0.3, -0.25) is 4.79 Å². The van der Waals surface area contributed by atoms with Gasteiger partial charge in [-0.1, -0.05) is 12.8 Å². The lowest BCUT2D eigenvalue weighted by atomic mass is 9.98. The predicted octanol–water partition coefficient (Wildman–Crippen LogP) is 3.07. The summed E-state index contributed by atoms with van der Waals surface area (Å²) in [4.78, 5) is 26.0. The molecule has 0 atom stereocenters. The molecule has 4 rings (SSSR count). The Morgan fingerprint density at radius 2 is 1.59 bits per heavy atom. The van der Waals surface area contributed by atoms with Gasteiger partial charge in [0, 0.05) is 32.2 Å². The maximum Gasteiger partial charge on any atom is 0.272 e. The molecule has 1 fully saturated rings. The number of anilines is 1. The molecule has 0 aliphatic carbocycles. The molecule has 3 heterocycles. The first-order valence-electron chi connectivity index (χ1n) is 10.3. The van der Waals surface area contributed by atoms with Gasteiger partial charge in [0.05, 0.1) is 14.2 Å². The van der Waals surface area contributed by atoms with Crippen molar-refractivity contribution >= 4 is 11.7 Å². The van der Waals surface area contributed by atoms with Gasteiger partial charge in [-0.25, -0.2) is 9.97 Å². The van der Waals surface area contributed by atoms with Crippen molar-refractivity contribution in [3.63, 3.8) is 0 Å². The summed E-state index contributed by atoms with van der Waals surface area (Å²) in [5.74, 6) is 2.22. The summed E-state index contributed by atoms with van der Waals surface area (Å²) in [5.41, 5.74) is 2.74. The summed E-state index contributed by atoms with van der Waals surface area (Å²) in [6.07, 6.45) is 7.15. The van der Waals surface area contributed by atoms with Gasteiger partial charge in [0.25, 0.3) is 5.91 Å². The van der Waals surface area contributed by atoms with Crippen LogP contribution in [-0.2, 0) is 13.0 Å². The van der Waals surface area contributed by atoms with Crippen LogP contribution in [0.15, 0.2) is 24.5 Å². The third kappa shape index (κ3) is 4.13. The number of amides is 1. The minimum atomic E-state index is -0.0519. The zero-order valence-electron chi connectivity index (χ0n) is 17.2. The molecular weight excluding hydrogens is 368 g/mol. The molecule has 0 radical (unpaired) electrons. The molecule has 0 spiro atoms. The lowest BCUT2D eigenvalue weighted by Crippen LogP contribution is -2.36. The second kappa shape index (κ2) is 8.68. The van der Waals surface area contributed by atoms with E-state index >= 15 is 0 Å². The smallest absolute Gasteiger partial charge is 0.272 e. The van der Waals surface area contributed by atoms with Crippen LogP contribution in [0.3, 0.4) is 0 Å². The van der Waals surface area contributed by atoms with Crippen molar-refractivity contribution in [3.05, 3.63) is 41.3 Å². The van der Waals surface area contributed by atoms with Crippen LogP contribution in [0.4, 0.5) is 5.82 Å². The monoisotopic (exact) mass is 396 g/mol. The van der Waals surface area contributed by atoms with Crippen molar-refractivity contribution in [1.29, 1.82) is 0 Å². The van der Waals surface area contributed by atoms with Crippen molar-refractivity contribution in [2.75, 3.05) is 38.8 Å². The van der Waals surface area contributed by atoms with Gasteiger partial charge in [-0.15, -0.1) is 0 Å². The first-order valence-corrected chi connectivity index (χ1v) is 10.3. The molecule has 2 aliphatic heterocycles. The van der Waals surface area contributed by atoms with Crippen molar-refractivity contribution in [3.8, 4) is 11.5 Å². The number of ether oxygens (including phenoxy) is 2. The fourth-order valence-electron chi connectivity index (χ4n) is 4.16. The van der Waals surface area contributed by atoms with Crippen LogP contribution in [0.1, 0.15) is 47.3 Å². The lowest BCUT2D eigenvalue weighted by Gasteiger charge is -2.29. The van der Waals surface area contributed by atoms with Crippen LogP contribution < -0.4 is 14.4 Å². The molecule has 29 heavy (non-hydrogen) atoms. The molecule has 1 aromatic carbocycles. The molecule has 0 bridgehead atoms. The summed E-state index contributed by atoms with van der Waals surface area (Å²) in [6.45, 7) is 3.18. The van der Waals surface area contributed by atoms with E-state index in [1.165, 1.54) is 37.6 Å². The molecule has 1 saturated heterocycles. The van der Waals surface area contributed by atoms with Gasteiger partial charge in [0.1, 0.15) is 17.8 Å². The van der Waals surface area contributed by atoms with E-state index in [-0.39, 0.29) is 5.91 Å². The number of aromatic nitrogens is 2. The van der Waals surface area contributed by atoms with Crippen LogP contribution in [0.2, 0.25) is 0 Å². The average Bonchev–Trinajstić information content (AvgIpc) is 3.07. The molecule has 0 N–H and O–H groups in total. The quantitative estimate of drug-likeness (QED) is 0.791. The number of nitrogens with zero attached hydrogens (tertiary/aromatic N) is 4. The largest absolute Gasteiger partial charge is 0.493 e. The summed E-state index contributed by atoms with van der Waals surface area (Å²) in [5, 5.41) is 0. The maximum absolute atomic E-state index is 13.2. The number of fused-ring (bicyclic) bond motifs is 1. The standard InChI is InChI=1S/C22H28N4O3/c1-28-19-11-16-7-10-26(14-17(16)12-20(19)29-2)22(27)18-13-21(24-15-23-18)25-8-5-3-4-6-9-25/h11-13,15H,3-10,14H2,1-2H3. The van der Waals surface area contributed by atoms with E-state index in [4.69, 9.17) is 9.47 Å². The van der Waals surface area contributed by atoms with Gasteiger partial charge in [-0.2, -0.15) is 0 Å². The second-order valence-electron chi connectivity index (χ2n) is 7.62. The second-order valence-corrected chi connectivity index (χ2v) is 7.62. The van der Waals surface area contributed by atoms with Crippen LogP contribution >= 0.6 is 0 Å². The molecule has 2 aromatic rings. The predicted molar refractivity (Wildman–Crippen MR) is 111 cm³/mol. The Morgan fingerprint density at radius 1 is 0.897 bits per heavy atom. The Balaban J connectivity index is 1.53. The molecule has 2 aliphatic rings.